The van der Waals surface area contributed by atoms with Crippen LogP contribution in [0.4, 0.5) is 0 Å². The van der Waals surface area contributed by atoms with Crippen LogP contribution in [0.25, 0.3) is 0 Å². The summed E-state index contributed by atoms with van der Waals surface area (Å²) in [4.78, 5) is 14.4. The van der Waals surface area contributed by atoms with E-state index in [-0.39, 0.29) is 51.0 Å². The number of carbonyl (C=O) groups excluding carboxylic acids is 1. The highest BCUT2D eigenvalue weighted by atomic mass is 16.7. The van der Waals surface area contributed by atoms with Crippen LogP contribution in [0.15, 0.2) is 11.6 Å². The lowest BCUT2D eigenvalue weighted by molar-refractivity contribution is -0.297. The van der Waals surface area contributed by atoms with Gasteiger partial charge in [0.1, 0.15) is 24.4 Å². The number of fused-ring (bicyclic) bond motifs is 6. The van der Waals surface area contributed by atoms with Gasteiger partial charge in [-0.15, -0.1) is 0 Å². The predicted octanol–water partition coefficient (Wildman–Crippen LogP) is 3.71. The summed E-state index contributed by atoms with van der Waals surface area (Å²) in [6, 6.07) is 0. The van der Waals surface area contributed by atoms with E-state index < -0.39 is 42.7 Å². The smallest absolute Gasteiger partial charge is 0.315 e. The van der Waals surface area contributed by atoms with Gasteiger partial charge >= 0.3 is 5.97 Å². The minimum atomic E-state index is -1.60. The number of rotatable bonds is 3. The summed E-state index contributed by atoms with van der Waals surface area (Å²) in [6.45, 7) is 13.9. The van der Waals surface area contributed by atoms with Crippen molar-refractivity contribution in [3.8, 4) is 0 Å². The van der Waals surface area contributed by atoms with Gasteiger partial charge in [-0.1, -0.05) is 53.2 Å². The highest BCUT2D eigenvalue weighted by Gasteiger charge is 2.77. The van der Waals surface area contributed by atoms with Crippen LogP contribution >= 0.6 is 0 Å². The minimum Gasteiger partial charge on any atom is -0.432 e. The normalized spacial score (nSPS) is 58.2. The van der Waals surface area contributed by atoms with Gasteiger partial charge in [-0.25, -0.2) is 0 Å². The van der Waals surface area contributed by atoms with E-state index in [1.807, 2.05) is 0 Å². The molecule has 1 heterocycles. The van der Waals surface area contributed by atoms with Crippen molar-refractivity contribution in [2.24, 2.45) is 56.2 Å². The van der Waals surface area contributed by atoms with Crippen LogP contribution in [0.3, 0.4) is 0 Å². The van der Waals surface area contributed by atoms with Crippen molar-refractivity contribution in [2.75, 3.05) is 6.61 Å². The first kappa shape index (κ1) is 30.6. The summed E-state index contributed by atoms with van der Waals surface area (Å²) in [5.41, 5.74) is 0.822. The third-order valence-corrected chi connectivity index (χ3v) is 15.8. The maximum Gasteiger partial charge on any atom is 0.315 e. The Hall–Kier alpha value is -1.03. The molecule has 7 rings (SSSR count). The van der Waals surface area contributed by atoms with E-state index in [0.717, 1.165) is 57.8 Å². The van der Waals surface area contributed by atoms with Crippen LogP contribution in [0.2, 0.25) is 0 Å². The highest BCUT2D eigenvalue weighted by molar-refractivity contribution is 5.81. The summed E-state index contributed by atoms with van der Waals surface area (Å²) in [5, 5.41) is 52.0. The predicted molar refractivity (Wildman–Crippen MR) is 158 cm³/mol. The lowest BCUT2D eigenvalue weighted by Gasteiger charge is -2.70. The molecule has 6 aliphatic carbocycles. The fourth-order valence-electron chi connectivity index (χ4n) is 13.2. The van der Waals surface area contributed by atoms with Crippen molar-refractivity contribution in [1.82, 2.24) is 0 Å². The molecule has 4 bridgehead atoms. The molecule has 0 radical (unpaired) electrons. The van der Waals surface area contributed by atoms with Crippen molar-refractivity contribution in [3.05, 3.63) is 11.6 Å². The average Bonchev–Trinajstić information content (AvgIpc) is 3.33. The molecule has 1 saturated heterocycles. The van der Waals surface area contributed by atoms with E-state index in [4.69, 9.17) is 9.47 Å². The molecule has 1 unspecified atom stereocenters. The molecule has 15 atom stereocenters. The first-order valence-corrected chi connectivity index (χ1v) is 16.9. The average molecular weight is 603 g/mol. The SMILES string of the molecule is CC1(C)[C@@H](O)CC[C@]2(C)[C@H]3CC=C4[C@@H]5C[C@]6(C)CC[C@]5(C(=O)O[C@@H]5O[C@H](CO)[C@@H](O)[C@H](O)[C@H]5O)C6C[C@@]4(C)[C@]3(C)CC[C@@H]12. The van der Waals surface area contributed by atoms with Gasteiger partial charge in [0.05, 0.1) is 18.1 Å². The van der Waals surface area contributed by atoms with E-state index in [1.54, 1.807) is 0 Å². The van der Waals surface area contributed by atoms with E-state index in [9.17, 15) is 30.3 Å². The Labute approximate surface area is 256 Å². The number of esters is 1. The summed E-state index contributed by atoms with van der Waals surface area (Å²) in [6.07, 6.45) is 3.73. The molecular formula is C35H54O8. The Morgan fingerprint density at radius 2 is 1.60 bits per heavy atom. The van der Waals surface area contributed by atoms with Crippen LogP contribution in [-0.2, 0) is 14.3 Å². The number of hydrogen-bond acceptors (Lipinski definition) is 8. The molecule has 6 fully saturated rings. The van der Waals surface area contributed by atoms with Gasteiger partial charge in [0.2, 0.25) is 6.29 Å². The van der Waals surface area contributed by atoms with Gasteiger partial charge < -0.3 is 35.0 Å². The second kappa shape index (κ2) is 9.28. The standard InChI is InChI=1S/C35H54O8/c1-30(2)21-9-12-33(5)22(32(21,4)11-10-24(30)37)8-7-18-19-15-31(3)13-14-35(19,23(31)16-34(18,33)6)29(41)43-28-27(40)26(39)25(38)20(17-36)42-28/h7,19-28,36-40H,8-17H2,1-6H3/t19-,20+,21-,22+,23?,24-,25+,26-,27+,28-,31-,32-,33+,34+,35+/m0/s1. The number of ether oxygens (including phenoxy) is 2. The molecule has 0 aromatic carbocycles. The number of hydrogen-bond donors (Lipinski definition) is 5. The number of allylic oxidation sites excluding steroid dienone is 2. The van der Waals surface area contributed by atoms with E-state index in [2.05, 4.69) is 47.6 Å². The topological polar surface area (TPSA) is 137 Å². The molecule has 0 amide bonds. The Morgan fingerprint density at radius 1 is 0.884 bits per heavy atom. The molecular weight excluding hydrogens is 548 g/mol. The zero-order chi connectivity index (χ0) is 31.1. The van der Waals surface area contributed by atoms with E-state index in [1.165, 1.54) is 5.57 Å². The Kier molecular flexibility index (Phi) is 6.61. The van der Waals surface area contributed by atoms with Gasteiger partial charge in [0.25, 0.3) is 0 Å². The fraction of sp³-hybridized carbons (Fsp3) is 0.914. The van der Waals surface area contributed by atoms with Gasteiger partial charge in [-0.05, 0) is 109 Å². The third kappa shape index (κ3) is 3.57. The minimum absolute atomic E-state index is 0.0180. The maximum absolute atomic E-state index is 14.4. The number of carbonyl (C=O) groups is 1. The molecule has 8 nitrogen and oxygen atoms in total. The summed E-state index contributed by atoms with van der Waals surface area (Å²) in [7, 11) is 0. The number of aliphatic hydroxyl groups excluding tert-OH is 5. The summed E-state index contributed by atoms with van der Waals surface area (Å²) >= 11 is 0. The lowest BCUT2D eigenvalue weighted by Crippen LogP contribution is -2.65. The molecule has 8 heteroatoms. The first-order valence-electron chi connectivity index (χ1n) is 16.9. The zero-order valence-electron chi connectivity index (χ0n) is 26.9. The first-order chi connectivity index (χ1) is 20.0. The van der Waals surface area contributed by atoms with Crippen molar-refractivity contribution in [1.29, 1.82) is 0 Å². The number of aliphatic hydroxyl groups is 5. The maximum atomic E-state index is 14.4. The van der Waals surface area contributed by atoms with E-state index >= 15 is 0 Å². The van der Waals surface area contributed by atoms with E-state index in [0.29, 0.717) is 11.8 Å². The second-order valence-electron chi connectivity index (χ2n) is 17.5. The second-order valence-corrected chi connectivity index (χ2v) is 17.5. The van der Waals surface area contributed by atoms with Crippen LogP contribution in [0, 0.1) is 56.2 Å². The molecule has 5 saturated carbocycles. The molecule has 43 heavy (non-hydrogen) atoms. The lowest BCUT2D eigenvalue weighted by atomic mass is 9.34. The van der Waals surface area contributed by atoms with Crippen molar-refractivity contribution in [3.63, 3.8) is 0 Å². The van der Waals surface area contributed by atoms with Gasteiger partial charge in [-0.2, -0.15) is 0 Å². The van der Waals surface area contributed by atoms with Gasteiger partial charge in [0.15, 0.2) is 0 Å². The Bertz CT molecular complexity index is 1210. The summed E-state index contributed by atoms with van der Waals surface area (Å²) < 4.78 is 11.6. The van der Waals surface area contributed by atoms with Gasteiger partial charge in [-0.3, -0.25) is 4.79 Å². The largest absolute Gasteiger partial charge is 0.432 e. The van der Waals surface area contributed by atoms with Gasteiger partial charge in [0, 0.05) is 0 Å². The fourth-order valence-corrected chi connectivity index (χ4v) is 13.2. The quantitative estimate of drug-likeness (QED) is 0.244. The highest BCUT2D eigenvalue weighted by Crippen LogP contribution is 2.82. The molecule has 0 spiro atoms. The van der Waals surface area contributed by atoms with Crippen molar-refractivity contribution >= 4 is 5.97 Å². The molecule has 7 aliphatic rings. The van der Waals surface area contributed by atoms with Crippen LogP contribution in [0.5, 0.6) is 0 Å². The van der Waals surface area contributed by atoms with Crippen LogP contribution in [0.1, 0.15) is 99.3 Å². The molecule has 242 valence electrons. The molecule has 5 N–H and O–H groups in total. The third-order valence-electron chi connectivity index (χ3n) is 15.8. The Balaban J connectivity index is 1.24. The molecule has 0 aromatic rings. The summed E-state index contributed by atoms with van der Waals surface area (Å²) in [5.74, 6) is 0.811. The van der Waals surface area contributed by atoms with Crippen LogP contribution in [-0.4, -0.2) is 74.9 Å². The van der Waals surface area contributed by atoms with Crippen LogP contribution < -0.4 is 0 Å². The van der Waals surface area contributed by atoms with Crippen molar-refractivity contribution < 1.29 is 39.8 Å². The Morgan fingerprint density at radius 3 is 2.30 bits per heavy atom. The monoisotopic (exact) mass is 602 g/mol. The molecule has 1 aliphatic heterocycles. The zero-order valence-corrected chi connectivity index (χ0v) is 26.9. The molecule has 0 aromatic heterocycles. The van der Waals surface area contributed by atoms with Crippen molar-refractivity contribution in [2.45, 2.75) is 136 Å².